The van der Waals surface area contributed by atoms with Gasteiger partial charge >= 0.3 is 6.09 Å². The predicted octanol–water partition coefficient (Wildman–Crippen LogP) is 2.10. The van der Waals surface area contributed by atoms with Gasteiger partial charge in [0.25, 0.3) is 0 Å². The maximum Gasteiger partial charge on any atom is 0.409 e. The molecule has 0 aromatic heterocycles. The number of amides is 1. The van der Waals surface area contributed by atoms with E-state index in [9.17, 15) is 4.79 Å². The van der Waals surface area contributed by atoms with E-state index in [1.54, 1.807) is 12.1 Å². The Hall–Kier alpha value is -1.71. The lowest BCUT2D eigenvalue weighted by Crippen LogP contribution is -2.11. The quantitative estimate of drug-likeness (QED) is 0.718. The van der Waals surface area contributed by atoms with Crippen LogP contribution in [0.25, 0.3) is 0 Å². The number of nitrogens with one attached hydrogen (secondary N) is 1. The van der Waals surface area contributed by atoms with Gasteiger partial charge in [0, 0.05) is 5.69 Å². The number of hydrogen-bond acceptors (Lipinski definition) is 2. The molecule has 1 aromatic rings. The lowest BCUT2D eigenvalue weighted by Gasteiger charge is -2.17. The van der Waals surface area contributed by atoms with Crippen LogP contribution in [-0.4, -0.2) is 17.8 Å². The van der Waals surface area contributed by atoms with E-state index in [0.717, 1.165) is 30.8 Å². The Kier molecular flexibility index (Phi) is 2.26. The average Bonchev–Trinajstić information content (AvgIpc) is 2.17. The molecule has 0 atom stereocenters. The van der Waals surface area contributed by atoms with Gasteiger partial charge < -0.3 is 9.84 Å². The Bertz CT molecular complexity index is 362. The van der Waals surface area contributed by atoms with Crippen molar-refractivity contribution in [2.24, 2.45) is 0 Å². The molecular weight excluding hydrogens is 182 g/mol. The van der Waals surface area contributed by atoms with E-state index in [1.165, 1.54) is 0 Å². The molecule has 1 amide bonds. The van der Waals surface area contributed by atoms with Crippen LogP contribution in [0.3, 0.4) is 0 Å². The molecule has 0 unspecified atom stereocenters. The molecule has 0 aliphatic carbocycles. The Morgan fingerprint density at radius 1 is 1.50 bits per heavy atom. The molecule has 0 saturated heterocycles. The van der Waals surface area contributed by atoms with Crippen LogP contribution in [0, 0.1) is 0 Å². The lowest BCUT2D eigenvalue weighted by atomic mass is 10.1. The number of aryl methyl sites for hydroxylation is 1. The van der Waals surface area contributed by atoms with Crippen LogP contribution in [0.15, 0.2) is 18.2 Å². The normalized spacial score (nSPS) is 14.0. The van der Waals surface area contributed by atoms with Crippen molar-refractivity contribution in [2.75, 3.05) is 11.9 Å². The fourth-order valence-electron chi connectivity index (χ4n) is 1.56. The Labute approximate surface area is 81.5 Å². The van der Waals surface area contributed by atoms with Gasteiger partial charge in [0.2, 0.25) is 0 Å². The van der Waals surface area contributed by atoms with Gasteiger partial charge in [0.1, 0.15) is 5.75 Å². The molecule has 2 N–H and O–H groups in total. The molecule has 0 radical (unpaired) electrons. The van der Waals surface area contributed by atoms with Gasteiger partial charge in [-0.15, -0.1) is 0 Å². The summed E-state index contributed by atoms with van der Waals surface area (Å²) in [6.45, 7) is 0.749. The number of benzene rings is 1. The molecular formula is C10H11NO3. The first kappa shape index (κ1) is 8.87. The molecule has 0 saturated carbocycles. The molecule has 4 nitrogen and oxygen atoms in total. The monoisotopic (exact) mass is 193 g/mol. The zero-order valence-corrected chi connectivity index (χ0v) is 7.62. The highest BCUT2D eigenvalue weighted by atomic mass is 16.5. The Balaban J connectivity index is 2.24. The van der Waals surface area contributed by atoms with E-state index in [0.29, 0.717) is 5.69 Å². The second-order valence-corrected chi connectivity index (χ2v) is 3.20. The van der Waals surface area contributed by atoms with Gasteiger partial charge in [-0.3, -0.25) is 5.32 Å². The van der Waals surface area contributed by atoms with Crippen molar-refractivity contribution >= 4 is 11.8 Å². The second-order valence-electron chi connectivity index (χ2n) is 3.20. The van der Waals surface area contributed by atoms with E-state index < -0.39 is 6.09 Å². The number of hydrogen-bond donors (Lipinski definition) is 2. The standard InChI is InChI=1S/C10H11NO3/c12-10(13)11-8-3-4-9-7(6-8)2-1-5-14-9/h3-4,6,11H,1-2,5H2,(H,12,13). The third kappa shape index (κ3) is 1.79. The molecule has 2 rings (SSSR count). The van der Waals surface area contributed by atoms with E-state index in [1.807, 2.05) is 6.07 Å². The Morgan fingerprint density at radius 3 is 3.14 bits per heavy atom. The van der Waals surface area contributed by atoms with Crippen LogP contribution < -0.4 is 10.1 Å². The van der Waals surface area contributed by atoms with Gasteiger partial charge in [-0.25, -0.2) is 4.79 Å². The number of carboxylic acid groups (broad SMARTS) is 1. The highest BCUT2D eigenvalue weighted by Gasteiger charge is 2.10. The van der Waals surface area contributed by atoms with E-state index in [2.05, 4.69) is 5.32 Å². The van der Waals surface area contributed by atoms with Gasteiger partial charge in [0.05, 0.1) is 6.61 Å². The number of rotatable bonds is 1. The summed E-state index contributed by atoms with van der Waals surface area (Å²) in [6.07, 6.45) is 0.898. The fraction of sp³-hybridized carbons (Fsp3) is 0.300. The summed E-state index contributed by atoms with van der Waals surface area (Å²) in [4.78, 5) is 10.4. The van der Waals surface area contributed by atoms with E-state index >= 15 is 0 Å². The maximum absolute atomic E-state index is 10.4. The molecule has 0 fully saturated rings. The smallest absolute Gasteiger partial charge is 0.409 e. The first-order valence-electron chi connectivity index (χ1n) is 4.51. The molecule has 0 bridgehead atoms. The second kappa shape index (κ2) is 3.57. The van der Waals surface area contributed by atoms with Crippen molar-refractivity contribution in [1.82, 2.24) is 0 Å². The fourth-order valence-corrected chi connectivity index (χ4v) is 1.56. The highest BCUT2D eigenvalue weighted by Crippen LogP contribution is 2.27. The van der Waals surface area contributed by atoms with E-state index in [4.69, 9.17) is 9.84 Å². The maximum atomic E-state index is 10.4. The lowest BCUT2D eigenvalue weighted by molar-refractivity contribution is 0.209. The van der Waals surface area contributed by atoms with Gasteiger partial charge in [-0.05, 0) is 36.6 Å². The largest absolute Gasteiger partial charge is 0.493 e. The third-order valence-electron chi connectivity index (χ3n) is 2.16. The predicted molar refractivity (Wildman–Crippen MR) is 51.9 cm³/mol. The summed E-state index contributed by atoms with van der Waals surface area (Å²) >= 11 is 0. The molecule has 1 aliphatic rings. The van der Waals surface area contributed by atoms with Crippen molar-refractivity contribution in [2.45, 2.75) is 12.8 Å². The Morgan fingerprint density at radius 2 is 2.36 bits per heavy atom. The zero-order valence-electron chi connectivity index (χ0n) is 7.62. The molecule has 74 valence electrons. The van der Waals surface area contributed by atoms with Crippen molar-refractivity contribution < 1.29 is 14.6 Å². The summed E-state index contributed by atoms with van der Waals surface area (Å²) in [5, 5.41) is 10.8. The summed E-state index contributed by atoms with van der Waals surface area (Å²) in [5.74, 6) is 0.868. The molecule has 14 heavy (non-hydrogen) atoms. The van der Waals surface area contributed by atoms with Crippen LogP contribution in [0.1, 0.15) is 12.0 Å². The SMILES string of the molecule is O=C(O)Nc1ccc2c(c1)CCCO2. The van der Waals surface area contributed by atoms with Crippen LogP contribution in [0.5, 0.6) is 5.75 Å². The van der Waals surface area contributed by atoms with Gasteiger partial charge in [-0.1, -0.05) is 0 Å². The molecule has 4 heteroatoms. The van der Waals surface area contributed by atoms with Gasteiger partial charge in [0.15, 0.2) is 0 Å². The number of ether oxygens (including phenoxy) is 1. The van der Waals surface area contributed by atoms with Crippen molar-refractivity contribution in [3.63, 3.8) is 0 Å². The van der Waals surface area contributed by atoms with E-state index in [-0.39, 0.29) is 0 Å². The summed E-state index contributed by atoms with van der Waals surface area (Å²) in [7, 11) is 0. The highest BCUT2D eigenvalue weighted by molar-refractivity contribution is 5.83. The minimum absolute atomic E-state index is 0.599. The van der Waals surface area contributed by atoms with Crippen LogP contribution >= 0.6 is 0 Å². The van der Waals surface area contributed by atoms with Crippen LogP contribution in [-0.2, 0) is 6.42 Å². The minimum Gasteiger partial charge on any atom is -0.493 e. The summed E-state index contributed by atoms with van der Waals surface area (Å²) < 4.78 is 5.41. The summed E-state index contributed by atoms with van der Waals surface area (Å²) in [5.41, 5.74) is 1.67. The van der Waals surface area contributed by atoms with Gasteiger partial charge in [-0.2, -0.15) is 0 Å². The first-order valence-corrected chi connectivity index (χ1v) is 4.51. The molecule has 1 heterocycles. The molecule has 0 spiro atoms. The summed E-state index contributed by atoms with van der Waals surface area (Å²) in [6, 6.07) is 5.33. The number of fused-ring (bicyclic) bond motifs is 1. The third-order valence-corrected chi connectivity index (χ3v) is 2.16. The van der Waals surface area contributed by atoms with Crippen molar-refractivity contribution in [3.8, 4) is 5.75 Å². The molecule has 1 aromatic carbocycles. The van der Waals surface area contributed by atoms with Crippen LogP contribution in [0.4, 0.5) is 10.5 Å². The average molecular weight is 193 g/mol. The van der Waals surface area contributed by atoms with Crippen molar-refractivity contribution in [1.29, 1.82) is 0 Å². The number of anilines is 1. The first-order chi connectivity index (χ1) is 6.75. The zero-order chi connectivity index (χ0) is 9.97. The minimum atomic E-state index is -1.04. The topological polar surface area (TPSA) is 58.6 Å². The number of carbonyl (C=O) groups is 1. The van der Waals surface area contributed by atoms with Crippen LogP contribution in [0.2, 0.25) is 0 Å². The molecule has 1 aliphatic heterocycles. The van der Waals surface area contributed by atoms with Crippen molar-refractivity contribution in [3.05, 3.63) is 23.8 Å².